The molecule has 2 atom stereocenters. The smallest absolute Gasteiger partial charge is 0.325 e. The first-order valence-electron chi connectivity index (χ1n) is 10.2. The zero-order chi connectivity index (χ0) is 20.0. The Hall–Kier alpha value is -3.15. The normalized spacial score (nSPS) is 25.0. The van der Waals surface area contributed by atoms with Gasteiger partial charge in [0.25, 0.3) is 5.91 Å². The van der Waals surface area contributed by atoms with Gasteiger partial charge >= 0.3 is 6.03 Å². The van der Waals surface area contributed by atoms with Crippen molar-refractivity contribution in [2.75, 3.05) is 6.54 Å². The van der Waals surface area contributed by atoms with E-state index in [2.05, 4.69) is 16.7 Å². The number of carbonyl (C=O) groups excluding carboxylic acids is 3. The molecule has 148 valence electrons. The summed E-state index contributed by atoms with van der Waals surface area (Å²) in [6.07, 6.45) is 4.15. The summed E-state index contributed by atoms with van der Waals surface area (Å²) in [5.41, 5.74) is 3.28. The molecule has 0 unspecified atom stereocenters. The quantitative estimate of drug-likeness (QED) is 0.792. The van der Waals surface area contributed by atoms with Crippen LogP contribution in [0.25, 0.3) is 0 Å². The van der Waals surface area contributed by atoms with Crippen molar-refractivity contribution in [2.24, 2.45) is 0 Å². The van der Waals surface area contributed by atoms with Crippen molar-refractivity contribution in [1.82, 2.24) is 15.5 Å². The zero-order valence-electron chi connectivity index (χ0n) is 16.1. The molecule has 6 heteroatoms. The third kappa shape index (κ3) is 2.82. The minimum atomic E-state index is -1.02. The number of urea groups is 1. The molecular weight excluding hydrogens is 366 g/mol. The predicted octanol–water partition coefficient (Wildman–Crippen LogP) is 2.57. The number of imide groups is 1. The Balaban J connectivity index is 1.32. The lowest BCUT2D eigenvalue weighted by molar-refractivity contribution is -0.135. The number of hydrogen-bond donors (Lipinski definition) is 2. The van der Waals surface area contributed by atoms with Crippen molar-refractivity contribution in [3.05, 3.63) is 70.8 Å². The molecule has 0 radical (unpaired) electrons. The lowest BCUT2D eigenvalue weighted by Gasteiger charge is -2.27. The van der Waals surface area contributed by atoms with Crippen LogP contribution in [0.3, 0.4) is 0 Å². The molecule has 0 bridgehead atoms. The van der Waals surface area contributed by atoms with E-state index in [9.17, 15) is 14.4 Å². The van der Waals surface area contributed by atoms with Gasteiger partial charge in [-0.25, -0.2) is 4.79 Å². The lowest BCUT2D eigenvalue weighted by Crippen LogP contribution is -2.44. The highest BCUT2D eigenvalue weighted by molar-refractivity contribution is 6.09. The fourth-order valence-corrected chi connectivity index (χ4v) is 5.02. The van der Waals surface area contributed by atoms with Crippen LogP contribution < -0.4 is 10.6 Å². The van der Waals surface area contributed by atoms with E-state index in [0.29, 0.717) is 6.42 Å². The Morgan fingerprint density at radius 1 is 1.07 bits per heavy atom. The van der Waals surface area contributed by atoms with Gasteiger partial charge in [-0.05, 0) is 54.4 Å². The number of nitrogens with one attached hydrogen (secondary N) is 2. The number of hydrogen-bond acceptors (Lipinski definition) is 3. The third-order valence-corrected chi connectivity index (χ3v) is 6.43. The van der Waals surface area contributed by atoms with Gasteiger partial charge in [0.05, 0.1) is 6.04 Å². The van der Waals surface area contributed by atoms with Crippen LogP contribution in [0.4, 0.5) is 4.79 Å². The molecule has 2 aromatic rings. The van der Waals surface area contributed by atoms with Gasteiger partial charge in [-0.15, -0.1) is 0 Å². The van der Waals surface area contributed by atoms with Crippen molar-refractivity contribution in [2.45, 2.75) is 43.7 Å². The number of nitrogens with zero attached hydrogens (tertiary/aromatic N) is 1. The molecule has 0 saturated carbocycles. The van der Waals surface area contributed by atoms with Crippen LogP contribution in [0.5, 0.6) is 0 Å². The minimum absolute atomic E-state index is 0.0746. The second kappa shape index (κ2) is 6.72. The fraction of sp³-hybridized carbons (Fsp3) is 0.348. The van der Waals surface area contributed by atoms with E-state index in [0.717, 1.165) is 47.3 Å². The van der Waals surface area contributed by atoms with Crippen molar-refractivity contribution < 1.29 is 14.4 Å². The van der Waals surface area contributed by atoms with E-state index in [1.165, 1.54) is 5.56 Å². The summed E-state index contributed by atoms with van der Waals surface area (Å²) in [4.78, 5) is 39.6. The zero-order valence-corrected chi connectivity index (χ0v) is 16.1. The van der Waals surface area contributed by atoms with Crippen LogP contribution in [0.15, 0.2) is 48.5 Å². The highest BCUT2D eigenvalue weighted by Gasteiger charge is 2.55. The molecule has 1 fully saturated rings. The Labute approximate surface area is 169 Å². The Morgan fingerprint density at radius 3 is 2.69 bits per heavy atom. The molecule has 29 heavy (non-hydrogen) atoms. The average Bonchev–Trinajstić information content (AvgIpc) is 3.22. The van der Waals surface area contributed by atoms with Crippen LogP contribution in [0.2, 0.25) is 0 Å². The van der Waals surface area contributed by atoms with E-state index in [1.807, 2.05) is 42.5 Å². The van der Waals surface area contributed by atoms with E-state index in [1.54, 1.807) is 0 Å². The molecule has 2 aromatic carbocycles. The largest absolute Gasteiger partial charge is 0.348 e. The van der Waals surface area contributed by atoms with E-state index < -0.39 is 11.6 Å². The summed E-state index contributed by atoms with van der Waals surface area (Å²) in [6.45, 7) is -0.257. The summed E-state index contributed by atoms with van der Waals surface area (Å²) in [7, 11) is 0. The maximum atomic E-state index is 13.2. The molecule has 2 N–H and O–H groups in total. The van der Waals surface area contributed by atoms with Gasteiger partial charge in [0, 0.05) is 0 Å². The summed E-state index contributed by atoms with van der Waals surface area (Å²) >= 11 is 0. The summed E-state index contributed by atoms with van der Waals surface area (Å²) in [5, 5.41) is 5.90. The van der Waals surface area contributed by atoms with Crippen molar-refractivity contribution >= 4 is 17.8 Å². The first-order valence-corrected chi connectivity index (χ1v) is 10.2. The molecule has 1 saturated heterocycles. The van der Waals surface area contributed by atoms with Gasteiger partial charge in [0.15, 0.2) is 0 Å². The summed E-state index contributed by atoms with van der Waals surface area (Å²) in [5.74, 6) is -0.634. The van der Waals surface area contributed by atoms with Crippen molar-refractivity contribution in [3.8, 4) is 0 Å². The molecule has 1 spiro atoms. The van der Waals surface area contributed by atoms with Crippen molar-refractivity contribution in [1.29, 1.82) is 0 Å². The van der Waals surface area contributed by atoms with Crippen LogP contribution in [0, 0.1) is 0 Å². The third-order valence-electron chi connectivity index (χ3n) is 6.43. The Bertz CT molecular complexity index is 1020. The van der Waals surface area contributed by atoms with Gasteiger partial charge in [0.2, 0.25) is 5.91 Å². The first-order chi connectivity index (χ1) is 14.1. The maximum absolute atomic E-state index is 13.2. The topological polar surface area (TPSA) is 78.5 Å². The number of carbonyl (C=O) groups is 3. The Morgan fingerprint density at radius 2 is 1.83 bits per heavy atom. The molecule has 4 amide bonds. The van der Waals surface area contributed by atoms with Crippen LogP contribution in [0.1, 0.15) is 47.6 Å². The number of benzene rings is 2. The Kier molecular flexibility index (Phi) is 4.15. The van der Waals surface area contributed by atoms with Gasteiger partial charge in [-0.3, -0.25) is 14.5 Å². The summed E-state index contributed by atoms with van der Waals surface area (Å²) in [6, 6.07) is 15.2. The fourth-order valence-electron chi connectivity index (χ4n) is 5.02. The molecule has 5 rings (SSSR count). The number of rotatable bonds is 3. The molecular formula is C23H23N3O3. The van der Waals surface area contributed by atoms with Gasteiger partial charge < -0.3 is 10.6 Å². The summed E-state index contributed by atoms with van der Waals surface area (Å²) < 4.78 is 0. The highest BCUT2D eigenvalue weighted by Crippen LogP contribution is 2.41. The average molecular weight is 389 g/mol. The number of amides is 4. The molecule has 0 aromatic heterocycles. The lowest BCUT2D eigenvalue weighted by atomic mass is 9.88. The minimum Gasteiger partial charge on any atom is -0.348 e. The van der Waals surface area contributed by atoms with E-state index in [-0.39, 0.29) is 24.4 Å². The maximum Gasteiger partial charge on any atom is 0.325 e. The predicted molar refractivity (Wildman–Crippen MR) is 107 cm³/mol. The second-order valence-corrected chi connectivity index (χ2v) is 8.10. The number of aryl methyl sites for hydroxylation is 2. The monoisotopic (exact) mass is 389 g/mol. The van der Waals surface area contributed by atoms with Gasteiger partial charge in [-0.2, -0.15) is 0 Å². The molecule has 6 nitrogen and oxygen atoms in total. The molecule has 2 aliphatic carbocycles. The van der Waals surface area contributed by atoms with Crippen molar-refractivity contribution in [3.63, 3.8) is 0 Å². The second-order valence-electron chi connectivity index (χ2n) is 8.10. The van der Waals surface area contributed by atoms with E-state index in [4.69, 9.17) is 0 Å². The van der Waals surface area contributed by atoms with Gasteiger partial charge in [0.1, 0.15) is 12.1 Å². The van der Waals surface area contributed by atoms with E-state index >= 15 is 0 Å². The van der Waals surface area contributed by atoms with Gasteiger partial charge in [-0.1, -0.05) is 48.5 Å². The molecule has 1 aliphatic heterocycles. The SMILES string of the molecule is O=C(CN1C(=O)N[C@@]2(CCc3ccccc32)C1=O)N[C@@H]1CCCc2ccccc21. The first kappa shape index (κ1) is 17.9. The molecule has 3 aliphatic rings. The molecule has 1 heterocycles. The van der Waals surface area contributed by atoms with Crippen LogP contribution in [-0.4, -0.2) is 29.3 Å². The highest BCUT2D eigenvalue weighted by atomic mass is 16.2. The van der Waals surface area contributed by atoms with Crippen LogP contribution in [-0.2, 0) is 28.0 Å². The van der Waals surface area contributed by atoms with Crippen LogP contribution >= 0.6 is 0 Å². The number of fused-ring (bicyclic) bond motifs is 3. The standard InChI is InChI=1S/C23H23N3O3/c27-20(24-19-11-5-8-15-6-1-3-9-17(15)19)14-26-21(28)23(25-22(26)29)13-12-16-7-2-4-10-18(16)23/h1-4,6-7,9-10,19H,5,8,11-14H2,(H,24,27)(H,25,29)/t19-,23-/m1/s1.